The molecule has 26 heavy (non-hydrogen) atoms. The van der Waals surface area contributed by atoms with Crippen LogP contribution in [0, 0.1) is 13.8 Å². The van der Waals surface area contributed by atoms with Gasteiger partial charge in [0.2, 0.25) is 0 Å². The number of carbonyl (C=O) groups excluding carboxylic acids is 2. The fourth-order valence-corrected chi connectivity index (χ4v) is 2.45. The maximum Gasteiger partial charge on any atom is 0.309 e. The monoisotopic (exact) mass is 355 g/mol. The molecule has 1 heterocycles. The summed E-state index contributed by atoms with van der Waals surface area (Å²) in [5.74, 6) is -0.592. The van der Waals surface area contributed by atoms with Crippen molar-refractivity contribution in [2.45, 2.75) is 33.2 Å². The van der Waals surface area contributed by atoms with Gasteiger partial charge in [0.25, 0.3) is 0 Å². The van der Waals surface area contributed by atoms with Gasteiger partial charge < -0.3 is 15.4 Å². The molecule has 2 N–H and O–H groups in total. The first-order valence-electron chi connectivity index (χ1n) is 8.60. The van der Waals surface area contributed by atoms with Crippen molar-refractivity contribution in [3.8, 4) is 5.75 Å². The number of carbonyl (C=O) groups is 2. The second-order valence-corrected chi connectivity index (χ2v) is 6.18. The highest BCUT2D eigenvalue weighted by atomic mass is 16.5. The first kappa shape index (κ1) is 19.4. The number of hydrogen-bond donors (Lipinski definition) is 2. The fourth-order valence-electron chi connectivity index (χ4n) is 2.45. The van der Waals surface area contributed by atoms with Crippen LogP contribution in [0.3, 0.4) is 0 Å². The molecule has 6 nitrogen and oxygen atoms in total. The van der Waals surface area contributed by atoms with Gasteiger partial charge in [0, 0.05) is 30.5 Å². The Morgan fingerprint density at radius 1 is 1.04 bits per heavy atom. The zero-order valence-electron chi connectivity index (χ0n) is 15.5. The van der Waals surface area contributed by atoms with Gasteiger partial charge in [-0.2, -0.15) is 0 Å². The number of aryl methyl sites for hydroxylation is 3. The summed E-state index contributed by atoms with van der Waals surface area (Å²) in [5, 5.41) is 5.24. The summed E-state index contributed by atoms with van der Waals surface area (Å²) in [6.45, 7) is 4.62. The molecule has 0 bridgehead atoms. The van der Waals surface area contributed by atoms with E-state index in [1.165, 1.54) is 0 Å². The molecule has 0 fully saturated rings. The third-order valence-corrected chi connectivity index (χ3v) is 3.96. The number of nitrogens with one attached hydrogen (secondary N) is 2. The lowest BCUT2D eigenvalue weighted by Crippen LogP contribution is -2.40. The van der Waals surface area contributed by atoms with Crippen LogP contribution >= 0.6 is 0 Å². The van der Waals surface area contributed by atoms with E-state index in [0.717, 1.165) is 35.2 Å². The van der Waals surface area contributed by atoms with E-state index in [1.54, 1.807) is 7.11 Å². The molecular weight excluding hydrogens is 330 g/mol. The highest BCUT2D eigenvalue weighted by Gasteiger charge is 2.13. The van der Waals surface area contributed by atoms with Gasteiger partial charge in [-0.25, -0.2) is 0 Å². The van der Waals surface area contributed by atoms with Gasteiger partial charge in [-0.05, 0) is 49.9 Å². The molecule has 0 spiro atoms. The Hall–Kier alpha value is -2.89. The molecule has 1 aromatic carbocycles. The highest BCUT2D eigenvalue weighted by Crippen LogP contribution is 2.19. The average molecular weight is 355 g/mol. The van der Waals surface area contributed by atoms with E-state index in [9.17, 15) is 9.59 Å². The van der Waals surface area contributed by atoms with E-state index in [0.29, 0.717) is 12.3 Å². The van der Waals surface area contributed by atoms with Crippen molar-refractivity contribution >= 4 is 11.8 Å². The number of ether oxygens (including phenoxy) is 1. The topological polar surface area (TPSA) is 80.3 Å². The summed E-state index contributed by atoms with van der Waals surface area (Å²) in [7, 11) is 1.58. The third kappa shape index (κ3) is 5.88. The van der Waals surface area contributed by atoms with Gasteiger partial charge in [0.15, 0.2) is 0 Å². The molecule has 138 valence electrons. The SMILES string of the molecule is COc1cc(C)ccc1CNC(=O)C(=O)NCCCc1ccc(C)cn1. The summed E-state index contributed by atoms with van der Waals surface area (Å²) >= 11 is 0. The van der Waals surface area contributed by atoms with Gasteiger partial charge in [-0.3, -0.25) is 14.6 Å². The molecule has 0 aliphatic carbocycles. The number of nitrogens with zero attached hydrogens (tertiary/aromatic N) is 1. The lowest BCUT2D eigenvalue weighted by Gasteiger charge is -2.10. The molecule has 0 saturated carbocycles. The Bertz CT molecular complexity index is 757. The molecule has 2 aromatic rings. The van der Waals surface area contributed by atoms with Crippen LogP contribution in [-0.2, 0) is 22.6 Å². The summed E-state index contributed by atoms with van der Waals surface area (Å²) in [6.07, 6.45) is 3.30. The Balaban J connectivity index is 1.72. The maximum atomic E-state index is 11.9. The van der Waals surface area contributed by atoms with E-state index in [1.807, 2.05) is 50.4 Å². The van der Waals surface area contributed by atoms with Crippen molar-refractivity contribution in [2.75, 3.05) is 13.7 Å². The first-order valence-corrected chi connectivity index (χ1v) is 8.60. The molecule has 2 rings (SSSR count). The average Bonchev–Trinajstić information content (AvgIpc) is 2.65. The van der Waals surface area contributed by atoms with E-state index in [4.69, 9.17) is 4.74 Å². The number of rotatable bonds is 7. The zero-order chi connectivity index (χ0) is 18.9. The van der Waals surface area contributed by atoms with E-state index >= 15 is 0 Å². The standard InChI is InChI=1S/C20H25N3O3/c1-14-6-8-16(18(11-14)26-3)13-23-20(25)19(24)21-10-4-5-17-9-7-15(2)12-22-17/h6-9,11-12H,4-5,10,13H2,1-3H3,(H,21,24)(H,23,25). The van der Waals surface area contributed by atoms with E-state index < -0.39 is 11.8 Å². The van der Waals surface area contributed by atoms with Crippen LogP contribution in [0.2, 0.25) is 0 Å². The van der Waals surface area contributed by atoms with Crippen molar-refractivity contribution in [2.24, 2.45) is 0 Å². The lowest BCUT2D eigenvalue weighted by atomic mass is 10.1. The molecule has 0 aliphatic rings. The predicted octanol–water partition coefficient (Wildman–Crippen LogP) is 2.07. The van der Waals surface area contributed by atoms with Crippen LogP contribution in [0.1, 0.15) is 28.8 Å². The number of aromatic nitrogens is 1. The predicted molar refractivity (Wildman–Crippen MR) is 99.9 cm³/mol. The minimum absolute atomic E-state index is 0.239. The highest BCUT2D eigenvalue weighted by molar-refractivity contribution is 6.35. The Labute approximate surface area is 154 Å². The number of methoxy groups -OCH3 is 1. The lowest BCUT2D eigenvalue weighted by molar-refractivity contribution is -0.139. The summed E-state index contributed by atoms with van der Waals surface area (Å²) in [5.41, 5.74) is 3.98. The van der Waals surface area contributed by atoms with Crippen molar-refractivity contribution in [3.05, 3.63) is 58.9 Å². The van der Waals surface area contributed by atoms with Gasteiger partial charge >= 0.3 is 11.8 Å². The zero-order valence-corrected chi connectivity index (χ0v) is 15.5. The number of amides is 2. The molecule has 2 amide bonds. The summed E-state index contributed by atoms with van der Waals surface area (Å²) in [4.78, 5) is 28.1. The van der Waals surface area contributed by atoms with Crippen LogP contribution < -0.4 is 15.4 Å². The summed E-state index contributed by atoms with van der Waals surface area (Å²) < 4.78 is 5.29. The Morgan fingerprint density at radius 3 is 2.46 bits per heavy atom. The maximum absolute atomic E-state index is 11.9. The van der Waals surface area contributed by atoms with Gasteiger partial charge in [0.05, 0.1) is 7.11 Å². The van der Waals surface area contributed by atoms with E-state index in [2.05, 4.69) is 15.6 Å². The van der Waals surface area contributed by atoms with Crippen molar-refractivity contribution in [1.82, 2.24) is 15.6 Å². The Kier molecular flexibility index (Phi) is 7.14. The van der Waals surface area contributed by atoms with Gasteiger partial charge in [-0.1, -0.05) is 18.2 Å². The smallest absolute Gasteiger partial charge is 0.309 e. The minimum Gasteiger partial charge on any atom is -0.496 e. The number of pyridine rings is 1. The van der Waals surface area contributed by atoms with Crippen LogP contribution in [0.15, 0.2) is 36.5 Å². The normalized spacial score (nSPS) is 10.3. The number of benzene rings is 1. The van der Waals surface area contributed by atoms with E-state index in [-0.39, 0.29) is 6.54 Å². The quantitative estimate of drug-likeness (QED) is 0.589. The molecule has 0 atom stereocenters. The first-order chi connectivity index (χ1) is 12.5. The number of hydrogen-bond acceptors (Lipinski definition) is 4. The van der Waals surface area contributed by atoms with Crippen molar-refractivity contribution in [1.29, 1.82) is 0 Å². The second kappa shape index (κ2) is 9.56. The van der Waals surface area contributed by atoms with Crippen molar-refractivity contribution in [3.63, 3.8) is 0 Å². The van der Waals surface area contributed by atoms with Crippen LogP contribution in [0.5, 0.6) is 5.75 Å². The van der Waals surface area contributed by atoms with Gasteiger partial charge in [0.1, 0.15) is 5.75 Å². The molecule has 1 aromatic heterocycles. The van der Waals surface area contributed by atoms with Crippen LogP contribution in [-0.4, -0.2) is 30.5 Å². The fraction of sp³-hybridized carbons (Fsp3) is 0.350. The molecule has 0 saturated heterocycles. The summed E-state index contributed by atoms with van der Waals surface area (Å²) in [6, 6.07) is 9.68. The largest absolute Gasteiger partial charge is 0.496 e. The Morgan fingerprint density at radius 2 is 1.77 bits per heavy atom. The molecular formula is C20H25N3O3. The molecule has 0 unspecified atom stereocenters. The molecule has 6 heteroatoms. The van der Waals surface area contributed by atoms with Crippen LogP contribution in [0.4, 0.5) is 0 Å². The van der Waals surface area contributed by atoms with Crippen LogP contribution in [0.25, 0.3) is 0 Å². The van der Waals surface area contributed by atoms with Gasteiger partial charge in [-0.15, -0.1) is 0 Å². The molecule has 0 aliphatic heterocycles. The molecule has 0 radical (unpaired) electrons. The second-order valence-electron chi connectivity index (χ2n) is 6.18. The minimum atomic E-state index is -0.652. The third-order valence-electron chi connectivity index (χ3n) is 3.96. The van der Waals surface area contributed by atoms with Crippen molar-refractivity contribution < 1.29 is 14.3 Å².